The maximum absolute atomic E-state index is 2.44. The SMILES string of the molecule is CCCC1CCCCC1C1CC2C3CCCCCCC(C4CCCCC43)C2C1. The number of rotatable bonds is 3. The Labute approximate surface area is 176 Å². The highest BCUT2D eigenvalue weighted by atomic mass is 14.6. The van der Waals surface area contributed by atoms with Crippen molar-refractivity contribution in [2.45, 2.75) is 122 Å². The van der Waals surface area contributed by atoms with Crippen LogP contribution in [-0.2, 0) is 0 Å². The molecule has 8 unspecified atom stereocenters. The minimum absolute atomic E-state index is 1.10. The molecule has 2 bridgehead atoms. The number of fused-ring (bicyclic) bond motifs is 3. The van der Waals surface area contributed by atoms with E-state index in [1.54, 1.807) is 96.3 Å². The molecule has 0 aromatic carbocycles. The Morgan fingerprint density at radius 3 is 1.43 bits per heavy atom. The lowest BCUT2D eigenvalue weighted by Gasteiger charge is -2.53. The van der Waals surface area contributed by atoms with Crippen molar-refractivity contribution in [3.63, 3.8) is 0 Å². The minimum atomic E-state index is 1.10. The standard InChI is InChI=1S/C28H48/c1-2-11-20-12-7-8-13-22(20)21-18-27-25-14-5-3-4-6-15-26(28(27)19-21)24-17-10-9-16-23(24)25/h20-28H,2-19H2,1H3. The molecule has 0 amide bonds. The Kier molecular flexibility index (Phi) is 6.42. The van der Waals surface area contributed by atoms with E-state index in [1.807, 2.05) is 0 Å². The van der Waals surface area contributed by atoms with Crippen LogP contribution in [0.4, 0.5) is 0 Å². The van der Waals surface area contributed by atoms with Crippen molar-refractivity contribution in [1.29, 1.82) is 0 Å². The van der Waals surface area contributed by atoms with Crippen molar-refractivity contribution >= 4 is 0 Å². The largest absolute Gasteiger partial charge is 0.0654 e. The normalized spacial score (nSPS) is 49.4. The Morgan fingerprint density at radius 1 is 0.464 bits per heavy atom. The zero-order chi connectivity index (χ0) is 18.9. The molecule has 5 aliphatic rings. The quantitative estimate of drug-likeness (QED) is 0.456. The summed E-state index contributed by atoms with van der Waals surface area (Å²) in [6.07, 6.45) is 28.3. The second kappa shape index (κ2) is 9.01. The first kappa shape index (κ1) is 19.9. The van der Waals surface area contributed by atoms with E-state index < -0.39 is 0 Å². The van der Waals surface area contributed by atoms with Gasteiger partial charge in [0.05, 0.1) is 0 Å². The lowest BCUT2D eigenvalue weighted by atomic mass is 9.52. The van der Waals surface area contributed by atoms with Gasteiger partial charge in [0, 0.05) is 0 Å². The Balaban J connectivity index is 1.39. The zero-order valence-electron chi connectivity index (χ0n) is 18.9. The molecule has 5 saturated carbocycles. The molecule has 0 heterocycles. The van der Waals surface area contributed by atoms with Crippen LogP contribution in [0.1, 0.15) is 122 Å². The lowest BCUT2D eigenvalue weighted by Crippen LogP contribution is -2.46. The van der Waals surface area contributed by atoms with Crippen molar-refractivity contribution in [2.75, 3.05) is 0 Å². The number of hydrogen-bond acceptors (Lipinski definition) is 0. The van der Waals surface area contributed by atoms with Crippen LogP contribution < -0.4 is 0 Å². The van der Waals surface area contributed by atoms with Gasteiger partial charge in [0.25, 0.3) is 0 Å². The molecular weight excluding hydrogens is 336 g/mol. The summed E-state index contributed by atoms with van der Waals surface area (Å²) in [5.74, 6) is 10.2. The fourth-order valence-corrected chi connectivity index (χ4v) is 9.92. The van der Waals surface area contributed by atoms with Crippen LogP contribution in [0.5, 0.6) is 0 Å². The van der Waals surface area contributed by atoms with Crippen LogP contribution >= 0.6 is 0 Å². The van der Waals surface area contributed by atoms with Gasteiger partial charge in [-0.25, -0.2) is 0 Å². The van der Waals surface area contributed by atoms with Crippen molar-refractivity contribution in [1.82, 2.24) is 0 Å². The van der Waals surface area contributed by atoms with Gasteiger partial charge in [0.1, 0.15) is 0 Å². The predicted octanol–water partition coefficient (Wildman–Crippen LogP) is 8.64. The van der Waals surface area contributed by atoms with Gasteiger partial charge in [-0.2, -0.15) is 0 Å². The molecular formula is C28H48. The van der Waals surface area contributed by atoms with Crippen LogP contribution in [0.2, 0.25) is 0 Å². The van der Waals surface area contributed by atoms with Gasteiger partial charge in [0.2, 0.25) is 0 Å². The monoisotopic (exact) mass is 384 g/mol. The predicted molar refractivity (Wildman–Crippen MR) is 120 cm³/mol. The van der Waals surface area contributed by atoms with Crippen LogP contribution in [0.25, 0.3) is 0 Å². The van der Waals surface area contributed by atoms with Gasteiger partial charge in [0.15, 0.2) is 0 Å². The fourth-order valence-electron chi connectivity index (χ4n) is 9.92. The summed E-state index contributed by atoms with van der Waals surface area (Å²) >= 11 is 0. The molecule has 0 aromatic rings. The fraction of sp³-hybridized carbons (Fsp3) is 1.00. The maximum atomic E-state index is 2.44. The van der Waals surface area contributed by atoms with Gasteiger partial charge in [-0.1, -0.05) is 77.6 Å². The van der Waals surface area contributed by atoms with Gasteiger partial charge >= 0.3 is 0 Å². The molecule has 5 fully saturated rings. The topological polar surface area (TPSA) is 0 Å². The Hall–Kier alpha value is 0. The van der Waals surface area contributed by atoms with Crippen LogP contribution in [0, 0.1) is 53.3 Å². The molecule has 5 rings (SSSR count). The van der Waals surface area contributed by atoms with E-state index in [9.17, 15) is 0 Å². The van der Waals surface area contributed by atoms with Crippen LogP contribution in [0.3, 0.4) is 0 Å². The van der Waals surface area contributed by atoms with E-state index in [0.29, 0.717) is 0 Å². The van der Waals surface area contributed by atoms with E-state index >= 15 is 0 Å². The van der Waals surface area contributed by atoms with Gasteiger partial charge in [-0.15, -0.1) is 0 Å². The molecule has 0 aromatic heterocycles. The summed E-state index contributed by atoms with van der Waals surface area (Å²) in [7, 11) is 0. The number of hydrogen-bond donors (Lipinski definition) is 0. The van der Waals surface area contributed by atoms with Crippen LogP contribution in [0.15, 0.2) is 0 Å². The van der Waals surface area contributed by atoms with Crippen molar-refractivity contribution in [3.05, 3.63) is 0 Å². The lowest BCUT2D eigenvalue weighted by molar-refractivity contribution is -0.0404. The molecule has 0 saturated heterocycles. The first-order valence-corrected chi connectivity index (χ1v) is 13.9. The smallest absolute Gasteiger partial charge is 0.0349 e. The molecule has 0 nitrogen and oxygen atoms in total. The van der Waals surface area contributed by atoms with E-state index in [4.69, 9.17) is 0 Å². The summed E-state index contributed by atoms with van der Waals surface area (Å²) in [4.78, 5) is 0. The molecule has 160 valence electrons. The molecule has 0 aliphatic heterocycles. The summed E-state index contributed by atoms with van der Waals surface area (Å²) < 4.78 is 0. The van der Waals surface area contributed by atoms with Crippen molar-refractivity contribution in [2.24, 2.45) is 53.3 Å². The zero-order valence-corrected chi connectivity index (χ0v) is 18.9. The Bertz CT molecular complexity index is 460. The van der Waals surface area contributed by atoms with E-state index in [2.05, 4.69) is 6.92 Å². The summed E-state index contributed by atoms with van der Waals surface area (Å²) in [5, 5.41) is 0. The van der Waals surface area contributed by atoms with E-state index in [-0.39, 0.29) is 0 Å². The average Bonchev–Trinajstić information content (AvgIpc) is 3.18. The van der Waals surface area contributed by atoms with Crippen LogP contribution in [-0.4, -0.2) is 0 Å². The van der Waals surface area contributed by atoms with Gasteiger partial charge in [-0.3, -0.25) is 0 Å². The maximum Gasteiger partial charge on any atom is -0.0349 e. The highest BCUT2D eigenvalue weighted by molar-refractivity contribution is 5.03. The summed E-state index contributed by atoms with van der Waals surface area (Å²) in [6.45, 7) is 2.44. The second-order valence-electron chi connectivity index (χ2n) is 12.0. The molecule has 8 atom stereocenters. The van der Waals surface area contributed by atoms with Gasteiger partial charge in [-0.05, 0) is 98.2 Å². The minimum Gasteiger partial charge on any atom is -0.0654 e. The van der Waals surface area contributed by atoms with Gasteiger partial charge < -0.3 is 0 Å². The van der Waals surface area contributed by atoms with E-state index in [0.717, 1.165) is 53.3 Å². The molecule has 0 N–H and O–H groups in total. The highest BCUT2D eigenvalue weighted by Crippen LogP contribution is 2.62. The average molecular weight is 385 g/mol. The first-order valence-electron chi connectivity index (χ1n) is 13.9. The summed E-state index contributed by atoms with van der Waals surface area (Å²) in [6, 6.07) is 0. The highest BCUT2D eigenvalue weighted by Gasteiger charge is 2.54. The third-order valence-electron chi connectivity index (χ3n) is 10.8. The van der Waals surface area contributed by atoms with E-state index in [1.165, 1.54) is 19.3 Å². The second-order valence-corrected chi connectivity index (χ2v) is 12.0. The van der Waals surface area contributed by atoms with Crippen molar-refractivity contribution < 1.29 is 0 Å². The molecule has 0 spiro atoms. The first-order chi connectivity index (χ1) is 13.9. The molecule has 0 heteroatoms. The Morgan fingerprint density at radius 2 is 0.893 bits per heavy atom. The van der Waals surface area contributed by atoms with Crippen molar-refractivity contribution in [3.8, 4) is 0 Å². The molecule has 28 heavy (non-hydrogen) atoms. The summed E-state index contributed by atoms with van der Waals surface area (Å²) in [5.41, 5.74) is 0. The molecule has 0 radical (unpaired) electrons. The molecule has 5 aliphatic carbocycles. The third-order valence-corrected chi connectivity index (χ3v) is 10.8. The third kappa shape index (κ3) is 3.73.